The molecule has 0 bridgehead atoms. The van der Waals surface area contributed by atoms with Crippen LogP contribution in [-0.4, -0.2) is 121 Å². The van der Waals surface area contributed by atoms with Gasteiger partial charge in [0, 0.05) is 27.7 Å². The standard InChI is InChI=1S/C27H40N2O15/c1-11(30)35-10-16-17(36-12(2)31)19(37-13(3)32)20(38-14(4)33)22(39-16)24(29-34)28-9-15-18-21(42-26(5,6)41-18)23-25(40-15)44-27(7,8)43-23/h15-23,25,34H,9-10H2,1-8H3,(H,28,29)/t15-,16-,17-,18+,19+,20-,21+,22-,23-,25-/m1/s1. The fourth-order valence-electron chi connectivity index (χ4n) is 5.67. The van der Waals surface area contributed by atoms with Crippen molar-refractivity contribution in [3.8, 4) is 0 Å². The average molecular weight is 633 g/mol. The summed E-state index contributed by atoms with van der Waals surface area (Å²) in [5, 5.41) is 10.2. The summed E-state index contributed by atoms with van der Waals surface area (Å²) in [5.74, 6) is -5.23. The van der Waals surface area contributed by atoms with Crippen molar-refractivity contribution in [2.45, 2.75) is 128 Å². The molecule has 4 heterocycles. The summed E-state index contributed by atoms with van der Waals surface area (Å²) in [5.41, 5.74) is 1.96. The fourth-order valence-corrected chi connectivity index (χ4v) is 5.67. The number of esters is 4. The number of amidine groups is 1. The lowest BCUT2D eigenvalue weighted by Gasteiger charge is -2.44. The van der Waals surface area contributed by atoms with Crippen molar-refractivity contribution in [2.24, 2.45) is 4.99 Å². The number of ether oxygens (including phenoxy) is 10. The van der Waals surface area contributed by atoms with Gasteiger partial charge in [-0.2, -0.15) is 0 Å². The number of nitrogens with one attached hydrogen (secondary N) is 1. The SMILES string of the molecule is CC(=O)OC[C@H]1O[C@@H](C(=NC[C@H]2O[C@@H]3OC(C)(C)O[C@@H]3[C@H]3OC(C)(C)O[C@H]32)NO)[C@H](OC(C)=O)[C@@H](OC(C)=O)[C@@H]1OC(C)=O. The predicted molar refractivity (Wildman–Crippen MR) is 142 cm³/mol. The normalized spacial score (nSPS) is 37.2. The zero-order valence-corrected chi connectivity index (χ0v) is 25.8. The maximum atomic E-state index is 12.2. The second kappa shape index (κ2) is 13.2. The molecule has 0 unspecified atom stereocenters. The van der Waals surface area contributed by atoms with Crippen LogP contribution in [-0.2, 0) is 66.5 Å². The van der Waals surface area contributed by atoms with Crippen molar-refractivity contribution in [1.82, 2.24) is 5.48 Å². The minimum atomic E-state index is -1.48. The van der Waals surface area contributed by atoms with E-state index in [0.717, 1.165) is 27.7 Å². The van der Waals surface area contributed by atoms with Crippen molar-refractivity contribution < 1.29 is 71.8 Å². The Hall–Kier alpha value is -2.93. The molecule has 0 spiro atoms. The minimum Gasteiger partial charge on any atom is -0.463 e. The predicted octanol–water partition coefficient (Wildman–Crippen LogP) is -0.114. The van der Waals surface area contributed by atoms with Gasteiger partial charge in [0.05, 0.1) is 6.54 Å². The van der Waals surface area contributed by atoms with Crippen LogP contribution in [0.2, 0.25) is 0 Å². The highest BCUT2D eigenvalue weighted by molar-refractivity contribution is 5.87. The van der Waals surface area contributed by atoms with Crippen LogP contribution in [0.5, 0.6) is 0 Å². The molecule has 4 aliphatic rings. The molecule has 44 heavy (non-hydrogen) atoms. The van der Waals surface area contributed by atoms with Crippen LogP contribution in [0, 0.1) is 0 Å². The highest BCUT2D eigenvalue weighted by Crippen LogP contribution is 2.44. The van der Waals surface area contributed by atoms with E-state index in [1.807, 2.05) is 5.48 Å². The first kappa shape index (κ1) is 34.0. The van der Waals surface area contributed by atoms with E-state index < -0.39 is 103 Å². The lowest BCUT2D eigenvalue weighted by Crippen LogP contribution is -2.65. The molecule has 0 radical (unpaired) electrons. The summed E-state index contributed by atoms with van der Waals surface area (Å²) >= 11 is 0. The Labute approximate surface area is 253 Å². The van der Waals surface area contributed by atoms with Gasteiger partial charge in [0.2, 0.25) is 0 Å². The Kier molecular flexibility index (Phi) is 10.2. The van der Waals surface area contributed by atoms with Crippen LogP contribution in [0.4, 0.5) is 0 Å². The van der Waals surface area contributed by atoms with Crippen molar-refractivity contribution in [3.05, 3.63) is 0 Å². The highest BCUT2D eigenvalue weighted by Gasteiger charge is 2.61. The molecule has 0 aromatic carbocycles. The summed E-state index contributed by atoms with van der Waals surface area (Å²) in [4.78, 5) is 52.4. The molecule has 0 saturated carbocycles. The molecule has 4 saturated heterocycles. The Morgan fingerprint density at radius 1 is 0.705 bits per heavy atom. The van der Waals surface area contributed by atoms with Gasteiger partial charge >= 0.3 is 23.9 Å². The third-order valence-electron chi connectivity index (χ3n) is 7.07. The van der Waals surface area contributed by atoms with Gasteiger partial charge in [-0.15, -0.1) is 0 Å². The van der Waals surface area contributed by atoms with Gasteiger partial charge in [-0.25, -0.2) is 0 Å². The van der Waals surface area contributed by atoms with Gasteiger partial charge in [-0.3, -0.25) is 34.9 Å². The van der Waals surface area contributed by atoms with Crippen molar-refractivity contribution in [3.63, 3.8) is 0 Å². The van der Waals surface area contributed by atoms with E-state index >= 15 is 0 Å². The third-order valence-corrected chi connectivity index (χ3v) is 7.07. The molecule has 0 aromatic heterocycles. The molecule has 2 N–H and O–H groups in total. The van der Waals surface area contributed by atoms with Crippen molar-refractivity contribution in [2.75, 3.05) is 13.2 Å². The quantitative estimate of drug-likeness (QED) is 0.118. The van der Waals surface area contributed by atoms with E-state index in [2.05, 4.69) is 4.99 Å². The van der Waals surface area contributed by atoms with Crippen molar-refractivity contribution >= 4 is 29.7 Å². The van der Waals surface area contributed by atoms with E-state index in [1.54, 1.807) is 27.7 Å². The largest absolute Gasteiger partial charge is 0.463 e. The maximum Gasteiger partial charge on any atom is 0.303 e. The lowest BCUT2D eigenvalue weighted by molar-refractivity contribution is -0.242. The number of hydrogen-bond donors (Lipinski definition) is 2. The monoisotopic (exact) mass is 632 g/mol. The molecular formula is C27H40N2O15. The smallest absolute Gasteiger partial charge is 0.303 e. The van der Waals surface area contributed by atoms with Gasteiger partial charge in [0.15, 0.2) is 48.1 Å². The van der Waals surface area contributed by atoms with Crippen LogP contribution < -0.4 is 5.48 Å². The van der Waals surface area contributed by atoms with E-state index in [-0.39, 0.29) is 12.4 Å². The van der Waals surface area contributed by atoms with Crippen LogP contribution in [0.3, 0.4) is 0 Å². The van der Waals surface area contributed by atoms with Crippen molar-refractivity contribution in [1.29, 1.82) is 0 Å². The number of hydrogen-bond acceptors (Lipinski definition) is 16. The zero-order valence-electron chi connectivity index (χ0n) is 25.8. The molecule has 4 aliphatic heterocycles. The Morgan fingerprint density at radius 2 is 1.25 bits per heavy atom. The second-order valence-electron chi connectivity index (χ2n) is 11.7. The third kappa shape index (κ3) is 7.82. The zero-order chi connectivity index (χ0) is 32.6. The first-order valence-electron chi connectivity index (χ1n) is 14.1. The fraction of sp³-hybridized carbons (Fsp3) is 0.815. The molecule has 0 aliphatic carbocycles. The molecule has 17 heteroatoms. The average Bonchev–Trinajstić information content (AvgIpc) is 3.39. The first-order valence-corrected chi connectivity index (χ1v) is 14.1. The van der Waals surface area contributed by atoms with E-state index in [0.29, 0.717) is 0 Å². The molecule has 10 atom stereocenters. The van der Waals surface area contributed by atoms with E-state index in [9.17, 15) is 24.4 Å². The highest BCUT2D eigenvalue weighted by atomic mass is 16.9. The Balaban J connectivity index is 1.66. The van der Waals surface area contributed by atoms with Gasteiger partial charge in [0.25, 0.3) is 0 Å². The van der Waals surface area contributed by atoms with Gasteiger partial charge < -0.3 is 47.4 Å². The number of carbonyl (C=O) groups is 4. The topological polar surface area (TPSA) is 205 Å². The first-order chi connectivity index (χ1) is 20.5. The van der Waals surface area contributed by atoms with E-state index in [1.165, 1.54) is 0 Å². The Bertz CT molecular complexity index is 1140. The van der Waals surface area contributed by atoms with Crippen LogP contribution >= 0.6 is 0 Å². The maximum absolute atomic E-state index is 12.2. The van der Waals surface area contributed by atoms with Gasteiger partial charge in [-0.1, -0.05) is 0 Å². The molecule has 4 rings (SSSR count). The molecule has 17 nitrogen and oxygen atoms in total. The van der Waals surface area contributed by atoms with E-state index in [4.69, 9.17) is 47.4 Å². The Morgan fingerprint density at radius 3 is 1.84 bits per heavy atom. The van der Waals surface area contributed by atoms with Crippen LogP contribution in [0.1, 0.15) is 55.4 Å². The summed E-state index contributed by atoms with van der Waals surface area (Å²) in [7, 11) is 0. The summed E-state index contributed by atoms with van der Waals surface area (Å²) in [6.45, 7) is 10.9. The molecular weight excluding hydrogens is 592 g/mol. The number of nitrogens with zero attached hydrogens (tertiary/aromatic N) is 1. The number of rotatable bonds is 8. The number of hydroxylamine groups is 1. The van der Waals surface area contributed by atoms with Gasteiger partial charge in [0.1, 0.15) is 37.1 Å². The second-order valence-corrected chi connectivity index (χ2v) is 11.7. The minimum absolute atomic E-state index is 0.149. The summed E-state index contributed by atoms with van der Waals surface area (Å²) in [6, 6.07) is 0. The lowest BCUT2D eigenvalue weighted by atomic mass is 9.93. The molecule has 4 fully saturated rings. The van der Waals surface area contributed by atoms with Crippen LogP contribution in [0.15, 0.2) is 4.99 Å². The molecule has 0 aromatic rings. The number of fused-ring (bicyclic) bond motifs is 3. The number of aliphatic imine (C=N–C) groups is 1. The van der Waals surface area contributed by atoms with Gasteiger partial charge in [-0.05, 0) is 27.7 Å². The summed E-state index contributed by atoms with van der Waals surface area (Å²) < 4.78 is 57.8. The summed E-state index contributed by atoms with van der Waals surface area (Å²) in [6.07, 6.45) is -10.3. The molecule has 0 amide bonds. The number of carbonyl (C=O) groups excluding carboxylic acids is 4. The molecule has 248 valence electrons. The van der Waals surface area contributed by atoms with Crippen LogP contribution in [0.25, 0.3) is 0 Å².